The quantitative estimate of drug-likeness (QED) is 0.681. The number of carbonyl (C=O) groups excluding carboxylic acids is 1. The van der Waals surface area contributed by atoms with Crippen LogP contribution in [0.4, 0.5) is 0 Å². The Balaban J connectivity index is 3.63. The van der Waals surface area contributed by atoms with Crippen molar-refractivity contribution in [3.8, 4) is 0 Å². The molecule has 4 heteroatoms. The van der Waals surface area contributed by atoms with Crippen molar-refractivity contribution < 1.29 is 4.79 Å². The van der Waals surface area contributed by atoms with Crippen molar-refractivity contribution in [2.75, 3.05) is 26.2 Å². The van der Waals surface area contributed by atoms with Crippen LogP contribution in [0.15, 0.2) is 11.1 Å². The topological polar surface area (TPSA) is 32.3 Å². The Morgan fingerprint density at radius 2 is 2.00 bits per heavy atom. The van der Waals surface area contributed by atoms with Crippen molar-refractivity contribution in [3.63, 3.8) is 0 Å². The number of carbonyl (C=O) groups is 1. The molecule has 0 aromatic rings. The first-order chi connectivity index (χ1) is 7.15. The van der Waals surface area contributed by atoms with Gasteiger partial charge in [-0.3, -0.25) is 4.79 Å². The van der Waals surface area contributed by atoms with Crippen molar-refractivity contribution in [2.45, 2.75) is 27.2 Å². The van der Waals surface area contributed by atoms with Crippen LogP contribution in [0.25, 0.3) is 0 Å². The van der Waals surface area contributed by atoms with Gasteiger partial charge in [0.1, 0.15) is 0 Å². The molecule has 0 unspecified atom stereocenters. The van der Waals surface area contributed by atoms with Gasteiger partial charge in [-0.2, -0.15) is 0 Å². The van der Waals surface area contributed by atoms with Crippen LogP contribution >= 0.6 is 11.6 Å². The predicted molar refractivity (Wildman–Crippen MR) is 65.0 cm³/mol. The summed E-state index contributed by atoms with van der Waals surface area (Å²) in [6.07, 6.45) is 0.553. The maximum absolute atomic E-state index is 11.6. The monoisotopic (exact) mass is 232 g/mol. The molecule has 0 aliphatic carbocycles. The third-order valence-corrected chi connectivity index (χ3v) is 2.59. The number of nitrogens with one attached hydrogen (secondary N) is 1. The van der Waals surface area contributed by atoms with E-state index in [1.807, 2.05) is 25.7 Å². The Bertz CT molecular complexity index is 213. The zero-order chi connectivity index (χ0) is 11.7. The summed E-state index contributed by atoms with van der Waals surface area (Å²) in [7, 11) is 0. The maximum Gasteiger partial charge on any atom is 0.223 e. The van der Waals surface area contributed by atoms with Gasteiger partial charge in [-0.1, -0.05) is 11.6 Å². The Labute approximate surface area is 97.5 Å². The average Bonchev–Trinajstić information content (AvgIpc) is 2.25. The molecule has 3 nitrogen and oxygen atoms in total. The van der Waals surface area contributed by atoms with E-state index in [2.05, 4.69) is 5.32 Å². The second-order valence-corrected chi connectivity index (χ2v) is 3.67. The molecule has 0 aromatic heterocycles. The highest BCUT2D eigenvalue weighted by Gasteiger charge is 2.07. The van der Waals surface area contributed by atoms with Crippen LogP contribution in [0.5, 0.6) is 0 Å². The predicted octanol–water partition coefficient (Wildman–Crippen LogP) is 1.98. The SMILES string of the molecule is CCN(CC)C(=O)CCNCC(C)=CCl. The minimum Gasteiger partial charge on any atom is -0.343 e. The van der Waals surface area contributed by atoms with E-state index < -0.39 is 0 Å². The molecule has 15 heavy (non-hydrogen) atoms. The summed E-state index contributed by atoms with van der Waals surface area (Å²) < 4.78 is 0. The molecule has 0 fully saturated rings. The van der Waals surface area contributed by atoms with Crippen LogP contribution in [0.1, 0.15) is 27.2 Å². The van der Waals surface area contributed by atoms with Crippen molar-refractivity contribution in [1.82, 2.24) is 10.2 Å². The van der Waals surface area contributed by atoms with Crippen LogP contribution in [0.3, 0.4) is 0 Å². The fraction of sp³-hybridized carbons (Fsp3) is 0.727. The molecular formula is C11H21ClN2O. The third kappa shape index (κ3) is 6.52. The van der Waals surface area contributed by atoms with E-state index in [0.29, 0.717) is 13.0 Å². The Hall–Kier alpha value is -0.540. The van der Waals surface area contributed by atoms with E-state index in [1.165, 1.54) is 0 Å². The second kappa shape index (κ2) is 8.74. The highest BCUT2D eigenvalue weighted by molar-refractivity contribution is 6.25. The van der Waals surface area contributed by atoms with Gasteiger partial charge in [0.25, 0.3) is 0 Å². The van der Waals surface area contributed by atoms with Crippen molar-refractivity contribution in [2.24, 2.45) is 0 Å². The summed E-state index contributed by atoms with van der Waals surface area (Å²) in [5, 5.41) is 3.17. The lowest BCUT2D eigenvalue weighted by atomic mass is 10.3. The number of amides is 1. The van der Waals surface area contributed by atoms with Gasteiger partial charge in [0, 0.05) is 38.1 Å². The number of nitrogens with zero attached hydrogens (tertiary/aromatic N) is 1. The van der Waals surface area contributed by atoms with Crippen molar-refractivity contribution in [1.29, 1.82) is 0 Å². The van der Waals surface area contributed by atoms with Crippen LogP contribution in [0, 0.1) is 0 Å². The lowest BCUT2D eigenvalue weighted by Crippen LogP contribution is -2.33. The summed E-state index contributed by atoms with van der Waals surface area (Å²) in [6, 6.07) is 0. The Morgan fingerprint density at radius 3 is 2.47 bits per heavy atom. The Kier molecular flexibility index (Phi) is 8.43. The first-order valence-corrected chi connectivity index (χ1v) is 5.83. The molecule has 1 N–H and O–H groups in total. The molecule has 0 bridgehead atoms. The molecule has 0 saturated heterocycles. The van der Waals surface area contributed by atoms with Gasteiger partial charge in [0.2, 0.25) is 5.91 Å². The largest absolute Gasteiger partial charge is 0.343 e. The number of rotatable bonds is 7. The van der Waals surface area contributed by atoms with Crippen molar-refractivity contribution in [3.05, 3.63) is 11.1 Å². The number of halogens is 1. The molecule has 0 radical (unpaired) electrons. The molecule has 0 saturated carbocycles. The second-order valence-electron chi connectivity index (χ2n) is 3.45. The molecular weight excluding hydrogens is 212 g/mol. The first-order valence-electron chi connectivity index (χ1n) is 5.40. The lowest BCUT2D eigenvalue weighted by Gasteiger charge is -2.18. The van der Waals surface area contributed by atoms with E-state index in [1.54, 1.807) is 5.54 Å². The van der Waals surface area contributed by atoms with Crippen LogP contribution in [0.2, 0.25) is 0 Å². The zero-order valence-corrected chi connectivity index (χ0v) is 10.6. The summed E-state index contributed by atoms with van der Waals surface area (Å²) in [6.45, 7) is 8.97. The van der Waals surface area contributed by atoms with Gasteiger partial charge < -0.3 is 10.2 Å². The van der Waals surface area contributed by atoms with E-state index in [9.17, 15) is 4.79 Å². The summed E-state index contributed by atoms with van der Waals surface area (Å²) in [4.78, 5) is 13.4. The van der Waals surface area contributed by atoms with Gasteiger partial charge in [-0.15, -0.1) is 0 Å². The fourth-order valence-corrected chi connectivity index (χ4v) is 1.33. The average molecular weight is 233 g/mol. The Morgan fingerprint density at radius 1 is 1.40 bits per heavy atom. The van der Waals surface area contributed by atoms with Crippen LogP contribution < -0.4 is 5.32 Å². The van der Waals surface area contributed by atoms with E-state index in [0.717, 1.165) is 25.2 Å². The lowest BCUT2D eigenvalue weighted by molar-refractivity contribution is -0.130. The highest BCUT2D eigenvalue weighted by atomic mass is 35.5. The third-order valence-electron chi connectivity index (χ3n) is 2.22. The summed E-state index contributed by atoms with van der Waals surface area (Å²) in [5.41, 5.74) is 2.63. The maximum atomic E-state index is 11.6. The molecule has 88 valence electrons. The minimum atomic E-state index is 0.208. The highest BCUT2D eigenvalue weighted by Crippen LogP contribution is 1.94. The van der Waals surface area contributed by atoms with E-state index in [-0.39, 0.29) is 5.91 Å². The smallest absolute Gasteiger partial charge is 0.223 e. The molecule has 0 rings (SSSR count). The normalized spacial score (nSPS) is 11.6. The van der Waals surface area contributed by atoms with Gasteiger partial charge in [-0.05, 0) is 26.3 Å². The molecule has 0 atom stereocenters. The van der Waals surface area contributed by atoms with Crippen LogP contribution in [-0.4, -0.2) is 37.0 Å². The zero-order valence-electron chi connectivity index (χ0n) is 9.85. The fourth-order valence-electron chi connectivity index (χ4n) is 1.25. The molecule has 0 aromatic carbocycles. The molecule has 0 aliphatic heterocycles. The number of hydrogen-bond donors (Lipinski definition) is 1. The van der Waals surface area contributed by atoms with Gasteiger partial charge >= 0.3 is 0 Å². The summed E-state index contributed by atoms with van der Waals surface area (Å²) >= 11 is 5.51. The number of hydrogen-bond acceptors (Lipinski definition) is 2. The molecule has 0 spiro atoms. The molecule has 0 aliphatic rings. The standard InChI is InChI=1S/C11H21ClN2O/c1-4-14(5-2)11(15)6-7-13-9-10(3)8-12/h8,13H,4-7,9H2,1-3H3. The molecule has 0 heterocycles. The van der Waals surface area contributed by atoms with Gasteiger partial charge in [0.05, 0.1) is 0 Å². The van der Waals surface area contributed by atoms with E-state index in [4.69, 9.17) is 11.6 Å². The van der Waals surface area contributed by atoms with Crippen molar-refractivity contribution >= 4 is 17.5 Å². The van der Waals surface area contributed by atoms with Crippen LogP contribution in [-0.2, 0) is 4.79 Å². The van der Waals surface area contributed by atoms with Gasteiger partial charge in [0.15, 0.2) is 0 Å². The summed E-state index contributed by atoms with van der Waals surface area (Å²) in [5.74, 6) is 0.208. The van der Waals surface area contributed by atoms with Gasteiger partial charge in [-0.25, -0.2) is 0 Å². The molecule has 1 amide bonds. The first kappa shape index (κ1) is 14.5. The minimum absolute atomic E-state index is 0.208. The van der Waals surface area contributed by atoms with E-state index >= 15 is 0 Å².